The molecule has 20 heavy (non-hydrogen) atoms. The van der Waals surface area contributed by atoms with Crippen molar-refractivity contribution in [1.82, 2.24) is 10.3 Å². The van der Waals surface area contributed by atoms with Crippen LogP contribution in [-0.2, 0) is 0 Å². The molecule has 0 aromatic carbocycles. The fraction of sp³-hybridized carbons (Fsp3) is 0.500. The van der Waals surface area contributed by atoms with E-state index in [-0.39, 0.29) is 28.5 Å². The summed E-state index contributed by atoms with van der Waals surface area (Å²) in [7, 11) is 0. The van der Waals surface area contributed by atoms with E-state index in [1.165, 1.54) is 6.07 Å². The second-order valence-electron chi connectivity index (χ2n) is 4.87. The summed E-state index contributed by atoms with van der Waals surface area (Å²) in [5.74, 6) is -0.499. The molecule has 2 rings (SSSR count). The first-order chi connectivity index (χ1) is 9.47. The summed E-state index contributed by atoms with van der Waals surface area (Å²) < 4.78 is 0. The van der Waals surface area contributed by atoms with E-state index in [0.717, 1.165) is 31.9 Å². The number of rotatable bonds is 3. The maximum absolute atomic E-state index is 12.1. The Morgan fingerprint density at radius 1 is 1.45 bits per heavy atom. The van der Waals surface area contributed by atoms with Crippen molar-refractivity contribution in [3.63, 3.8) is 0 Å². The summed E-state index contributed by atoms with van der Waals surface area (Å²) >= 11 is 5.70. The molecule has 108 valence electrons. The van der Waals surface area contributed by atoms with Crippen molar-refractivity contribution < 1.29 is 9.72 Å². The number of hydrogen-bond donors (Lipinski definition) is 2. The normalized spacial score (nSPS) is 22.3. The van der Waals surface area contributed by atoms with Crippen molar-refractivity contribution >= 4 is 23.2 Å². The van der Waals surface area contributed by atoms with Gasteiger partial charge >= 0.3 is 0 Å². The number of nitrogens with one attached hydrogen (secondary N) is 1. The van der Waals surface area contributed by atoms with Gasteiger partial charge in [0.2, 0.25) is 0 Å². The Bertz CT molecular complexity index is 529. The van der Waals surface area contributed by atoms with Gasteiger partial charge in [-0.05, 0) is 31.7 Å². The highest BCUT2D eigenvalue weighted by Crippen LogP contribution is 2.22. The zero-order valence-corrected chi connectivity index (χ0v) is 11.5. The first kappa shape index (κ1) is 14.7. The molecule has 1 fully saturated rings. The minimum Gasteiger partial charge on any atom is -0.349 e. The van der Waals surface area contributed by atoms with Gasteiger partial charge in [-0.2, -0.15) is 0 Å². The standard InChI is InChI=1S/C12H15ClN4O3/c13-11-5-9(10(6-15-11)17(19)20)12(18)16-8-3-1-7(14)2-4-8/h5-8H,1-4,14H2,(H,16,18). The molecule has 0 radical (unpaired) electrons. The molecule has 7 nitrogen and oxygen atoms in total. The van der Waals surface area contributed by atoms with Crippen molar-refractivity contribution in [3.8, 4) is 0 Å². The molecule has 1 aliphatic carbocycles. The number of nitrogens with two attached hydrogens (primary N) is 1. The van der Waals surface area contributed by atoms with E-state index in [1.54, 1.807) is 0 Å². The Labute approximate surface area is 120 Å². The molecule has 1 saturated carbocycles. The molecule has 1 amide bonds. The van der Waals surface area contributed by atoms with Gasteiger partial charge in [-0.1, -0.05) is 11.6 Å². The lowest BCUT2D eigenvalue weighted by Gasteiger charge is -2.26. The zero-order chi connectivity index (χ0) is 14.7. The largest absolute Gasteiger partial charge is 0.349 e. The molecule has 1 aliphatic rings. The average Bonchev–Trinajstić information content (AvgIpc) is 2.41. The van der Waals surface area contributed by atoms with E-state index in [1.807, 2.05) is 0 Å². The Balaban J connectivity index is 2.12. The van der Waals surface area contributed by atoms with Crippen LogP contribution >= 0.6 is 11.6 Å². The van der Waals surface area contributed by atoms with E-state index >= 15 is 0 Å². The van der Waals surface area contributed by atoms with Gasteiger partial charge in [0.25, 0.3) is 11.6 Å². The molecule has 1 heterocycles. The number of halogens is 1. The Morgan fingerprint density at radius 2 is 2.10 bits per heavy atom. The van der Waals surface area contributed by atoms with Crippen molar-refractivity contribution in [2.24, 2.45) is 5.73 Å². The summed E-state index contributed by atoms with van der Waals surface area (Å²) in [5.41, 5.74) is 5.38. The van der Waals surface area contributed by atoms with Crippen LogP contribution in [0, 0.1) is 10.1 Å². The van der Waals surface area contributed by atoms with E-state index in [0.29, 0.717) is 0 Å². The first-order valence-corrected chi connectivity index (χ1v) is 6.71. The predicted molar refractivity (Wildman–Crippen MR) is 73.6 cm³/mol. The van der Waals surface area contributed by atoms with E-state index in [4.69, 9.17) is 17.3 Å². The number of carbonyl (C=O) groups is 1. The molecule has 0 unspecified atom stereocenters. The number of aromatic nitrogens is 1. The number of hydrogen-bond acceptors (Lipinski definition) is 5. The van der Waals surface area contributed by atoms with Gasteiger partial charge in [0.15, 0.2) is 0 Å². The fourth-order valence-corrected chi connectivity index (χ4v) is 2.43. The third-order valence-corrected chi connectivity index (χ3v) is 3.60. The molecule has 0 bridgehead atoms. The lowest BCUT2D eigenvalue weighted by Crippen LogP contribution is -2.40. The van der Waals surface area contributed by atoms with Gasteiger partial charge in [0.05, 0.1) is 4.92 Å². The van der Waals surface area contributed by atoms with E-state index < -0.39 is 10.8 Å². The minimum absolute atomic E-state index is 0.00570. The summed E-state index contributed by atoms with van der Waals surface area (Å²) in [4.78, 5) is 26.0. The number of amides is 1. The smallest absolute Gasteiger partial charge is 0.300 e. The van der Waals surface area contributed by atoms with Crippen molar-refractivity contribution in [2.45, 2.75) is 37.8 Å². The highest BCUT2D eigenvalue weighted by Gasteiger charge is 2.25. The van der Waals surface area contributed by atoms with Gasteiger partial charge in [0.1, 0.15) is 16.9 Å². The van der Waals surface area contributed by atoms with Crippen LogP contribution in [0.4, 0.5) is 5.69 Å². The number of nitro groups is 1. The number of carbonyl (C=O) groups excluding carboxylic acids is 1. The summed E-state index contributed by atoms with van der Waals surface area (Å²) in [6.45, 7) is 0. The topological polar surface area (TPSA) is 111 Å². The van der Waals surface area contributed by atoms with Gasteiger partial charge in [-0.25, -0.2) is 4.98 Å². The maximum Gasteiger partial charge on any atom is 0.300 e. The van der Waals surface area contributed by atoms with Gasteiger partial charge in [-0.3, -0.25) is 14.9 Å². The van der Waals surface area contributed by atoms with Gasteiger partial charge in [0, 0.05) is 12.1 Å². The van der Waals surface area contributed by atoms with Crippen LogP contribution < -0.4 is 11.1 Å². The molecular formula is C12H15ClN4O3. The molecule has 8 heteroatoms. The highest BCUT2D eigenvalue weighted by molar-refractivity contribution is 6.29. The summed E-state index contributed by atoms with van der Waals surface area (Å²) in [6, 6.07) is 1.38. The third-order valence-electron chi connectivity index (χ3n) is 3.40. The summed E-state index contributed by atoms with van der Waals surface area (Å²) in [6.07, 6.45) is 4.22. The number of pyridine rings is 1. The quantitative estimate of drug-likeness (QED) is 0.500. The van der Waals surface area contributed by atoms with E-state index in [9.17, 15) is 14.9 Å². The van der Waals surface area contributed by atoms with Crippen LogP contribution in [0.2, 0.25) is 5.15 Å². The van der Waals surface area contributed by atoms with Crippen LogP contribution in [0.3, 0.4) is 0 Å². The molecule has 3 N–H and O–H groups in total. The molecule has 0 saturated heterocycles. The molecule has 0 spiro atoms. The molecule has 0 aliphatic heterocycles. The van der Waals surface area contributed by atoms with Crippen LogP contribution in [0.1, 0.15) is 36.0 Å². The fourth-order valence-electron chi connectivity index (χ4n) is 2.28. The Kier molecular flexibility index (Phi) is 4.51. The minimum atomic E-state index is -0.644. The van der Waals surface area contributed by atoms with Gasteiger partial charge < -0.3 is 11.1 Å². The van der Waals surface area contributed by atoms with E-state index in [2.05, 4.69) is 10.3 Å². The Hall–Kier alpha value is -1.73. The third kappa shape index (κ3) is 3.43. The zero-order valence-electron chi connectivity index (χ0n) is 10.7. The van der Waals surface area contributed by atoms with Crippen molar-refractivity contribution in [1.29, 1.82) is 0 Å². The van der Waals surface area contributed by atoms with Crippen LogP contribution in [0.15, 0.2) is 12.3 Å². The molecule has 1 aromatic heterocycles. The van der Waals surface area contributed by atoms with Crippen LogP contribution in [-0.4, -0.2) is 27.9 Å². The molecule has 0 atom stereocenters. The number of nitrogens with zero attached hydrogens (tertiary/aromatic N) is 2. The van der Waals surface area contributed by atoms with Crippen molar-refractivity contribution in [3.05, 3.63) is 33.1 Å². The predicted octanol–water partition coefficient (Wildman–Crippen LogP) is 1.64. The maximum atomic E-state index is 12.1. The molecular weight excluding hydrogens is 284 g/mol. The SMILES string of the molecule is NC1CCC(NC(=O)c2cc(Cl)ncc2[N+](=O)[O-])CC1. The second-order valence-corrected chi connectivity index (χ2v) is 5.25. The van der Waals surface area contributed by atoms with Crippen LogP contribution in [0.25, 0.3) is 0 Å². The Morgan fingerprint density at radius 3 is 2.70 bits per heavy atom. The van der Waals surface area contributed by atoms with Crippen molar-refractivity contribution in [2.75, 3.05) is 0 Å². The van der Waals surface area contributed by atoms with Crippen LogP contribution in [0.5, 0.6) is 0 Å². The second kappa shape index (κ2) is 6.15. The monoisotopic (exact) mass is 298 g/mol. The summed E-state index contributed by atoms with van der Waals surface area (Å²) in [5, 5.41) is 13.7. The lowest BCUT2D eigenvalue weighted by molar-refractivity contribution is -0.385. The lowest BCUT2D eigenvalue weighted by atomic mass is 9.91. The highest BCUT2D eigenvalue weighted by atomic mass is 35.5. The van der Waals surface area contributed by atoms with Gasteiger partial charge in [-0.15, -0.1) is 0 Å². The molecule has 1 aromatic rings. The average molecular weight is 299 g/mol. The first-order valence-electron chi connectivity index (χ1n) is 6.33.